The lowest BCUT2D eigenvalue weighted by Gasteiger charge is -2.23. The summed E-state index contributed by atoms with van der Waals surface area (Å²) in [6, 6.07) is 11.0. The summed E-state index contributed by atoms with van der Waals surface area (Å²) in [4.78, 5) is 43.4. The van der Waals surface area contributed by atoms with Crippen molar-refractivity contribution in [3.8, 4) is 5.75 Å². The maximum atomic E-state index is 13.2. The van der Waals surface area contributed by atoms with E-state index >= 15 is 0 Å². The number of nitro benzene ring substituents is 1. The zero-order valence-corrected chi connectivity index (χ0v) is 19.5. The van der Waals surface area contributed by atoms with Gasteiger partial charge in [-0.1, -0.05) is 0 Å². The van der Waals surface area contributed by atoms with E-state index in [1.54, 1.807) is 31.2 Å². The van der Waals surface area contributed by atoms with Crippen LogP contribution in [0.1, 0.15) is 34.7 Å². The number of carbonyl (C=O) groups is 2. The van der Waals surface area contributed by atoms with Crippen molar-refractivity contribution in [2.75, 3.05) is 11.5 Å². The number of nitrogens with zero attached hydrogens (tertiary/aromatic N) is 3. The van der Waals surface area contributed by atoms with Crippen molar-refractivity contribution >= 4 is 39.6 Å². The van der Waals surface area contributed by atoms with Crippen LogP contribution >= 0.6 is 11.3 Å². The number of amides is 1. The van der Waals surface area contributed by atoms with Crippen molar-refractivity contribution in [2.24, 2.45) is 0 Å². The highest BCUT2D eigenvalue weighted by atomic mass is 32.1. The number of benzene rings is 2. The number of aliphatic hydroxyl groups excluding tert-OH is 1. The fraction of sp³-hybridized carbons (Fsp3) is 0.208. The number of rotatable bonds is 6. The molecule has 2 aromatic carbocycles. The summed E-state index contributed by atoms with van der Waals surface area (Å²) < 4.78 is 5.42. The van der Waals surface area contributed by atoms with Crippen LogP contribution < -0.4 is 9.64 Å². The highest BCUT2D eigenvalue weighted by Crippen LogP contribution is 2.44. The Bertz CT molecular complexity index is 1290. The highest BCUT2D eigenvalue weighted by Gasteiger charge is 2.48. The second-order valence-electron chi connectivity index (χ2n) is 7.61. The topological polar surface area (TPSA) is 123 Å². The fourth-order valence-corrected chi connectivity index (χ4v) is 4.65. The van der Waals surface area contributed by atoms with Gasteiger partial charge in [-0.2, -0.15) is 0 Å². The third-order valence-corrected chi connectivity index (χ3v) is 6.60. The summed E-state index contributed by atoms with van der Waals surface area (Å²) in [6.07, 6.45) is 0. The highest BCUT2D eigenvalue weighted by molar-refractivity contribution is 7.16. The second kappa shape index (κ2) is 9.06. The van der Waals surface area contributed by atoms with Gasteiger partial charge >= 0.3 is 5.91 Å². The molecule has 10 heteroatoms. The van der Waals surface area contributed by atoms with Gasteiger partial charge in [0.2, 0.25) is 0 Å². The fourth-order valence-electron chi connectivity index (χ4n) is 3.71. The lowest BCUT2D eigenvalue weighted by atomic mass is 9.95. The van der Waals surface area contributed by atoms with Crippen LogP contribution in [-0.2, 0) is 9.59 Å². The van der Waals surface area contributed by atoms with Crippen LogP contribution in [0.15, 0.2) is 54.1 Å². The molecule has 1 aliphatic heterocycles. The summed E-state index contributed by atoms with van der Waals surface area (Å²) in [5, 5.41) is 22.6. The van der Waals surface area contributed by atoms with Crippen LogP contribution in [0.25, 0.3) is 5.76 Å². The van der Waals surface area contributed by atoms with E-state index in [2.05, 4.69) is 4.98 Å². The van der Waals surface area contributed by atoms with Gasteiger partial charge in [0.05, 0.1) is 28.8 Å². The van der Waals surface area contributed by atoms with Gasteiger partial charge in [-0.15, -0.1) is 11.3 Å². The first kappa shape index (κ1) is 23.1. The molecule has 0 bridgehead atoms. The molecule has 1 fully saturated rings. The molecule has 1 atom stereocenters. The number of ketones is 1. The largest absolute Gasteiger partial charge is 0.507 e. The molecule has 1 unspecified atom stereocenters. The van der Waals surface area contributed by atoms with E-state index in [4.69, 9.17) is 4.74 Å². The third kappa shape index (κ3) is 4.03. The number of Topliss-reactive ketones (excluding diaryl/α,β-unsaturated/α-hetero) is 1. The van der Waals surface area contributed by atoms with Crippen LogP contribution in [0.4, 0.5) is 10.8 Å². The molecule has 4 rings (SSSR count). The Kier molecular flexibility index (Phi) is 6.16. The first-order valence-electron chi connectivity index (χ1n) is 10.5. The predicted octanol–water partition coefficient (Wildman–Crippen LogP) is 4.69. The van der Waals surface area contributed by atoms with E-state index < -0.39 is 22.7 Å². The van der Waals surface area contributed by atoms with Gasteiger partial charge in [-0.25, -0.2) is 4.98 Å². The average Bonchev–Trinajstić information content (AvgIpc) is 3.29. The molecule has 3 aromatic rings. The standard InChI is InChI=1S/C24H21N3O6S/c1-4-33-18-11-7-16(8-12-18)21(28)19-20(15-5-9-17(10-6-15)27(31)32)26(23(30)22(19)29)24-25-13(2)14(3)34-24/h5-12,20,28H,4H2,1-3H3. The maximum Gasteiger partial charge on any atom is 0.301 e. The van der Waals surface area contributed by atoms with Gasteiger partial charge in [0.15, 0.2) is 5.13 Å². The Morgan fingerprint density at radius 3 is 2.32 bits per heavy atom. The summed E-state index contributed by atoms with van der Waals surface area (Å²) in [7, 11) is 0. The summed E-state index contributed by atoms with van der Waals surface area (Å²) in [5.74, 6) is -1.44. The SMILES string of the molecule is CCOc1ccc(C(O)=C2C(=O)C(=O)N(c3nc(C)c(C)s3)C2c2ccc([N+](=O)[O-])cc2)cc1. The molecular weight excluding hydrogens is 458 g/mol. The van der Waals surface area contributed by atoms with E-state index in [0.29, 0.717) is 28.6 Å². The number of non-ortho nitro benzene ring substituents is 1. The number of ether oxygens (including phenoxy) is 1. The predicted molar refractivity (Wildman–Crippen MR) is 127 cm³/mol. The van der Waals surface area contributed by atoms with Crippen LogP contribution in [-0.4, -0.2) is 33.3 Å². The zero-order valence-electron chi connectivity index (χ0n) is 18.6. The Morgan fingerprint density at radius 2 is 1.79 bits per heavy atom. The Balaban J connectivity index is 1.89. The van der Waals surface area contributed by atoms with Gasteiger partial charge in [0.25, 0.3) is 11.5 Å². The first-order chi connectivity index (χ1) is 16.2. The summed E-state index contributed by atoms with van der Waals surface area (Å²) >= 11 is 1.25. The monoisotopic (exact) mass is 479 g/mol. The van der Waals surface area contributed by atoms with Crippen molar-refractivity contribution in [3.63, 3.8) is 0 Å². The summed E-state index contributed by atoms with van der Waals surface area (Å²) in [6.45, 7) is 5.98. The summed E-state index contributed by atoms with van der Waals surface area (Å²) in [5.41, 5.74) is 1.24. The van der Waals surface area contributed by atoms with Crippen LogP contribution in [0.2, 0.25) is 0 Å². The van der Waals surface area contributed by atoms with Gasteiger partial charge in [-0.05, 0) is 62.7 Å². The smallest absolute Gasteiger partial charge is 0.301 e. The van der Waals surface area contributed by atoms with Gasteiger partial charge in [0, 0.05) is 22.6 Å². The molecule has 1 aliphatic rings. The van der Waals surface area contributed by atoms with Crippen molar-refractivity contribution in [2.45, 2.75) is 26.8 Å². The van der Waals surface area contributed by atoms with E-state index in [1.165, 1.54) is 40.5 Å². The molecule has 174 valence electrons. The Morgan fingerprint density at radius 1 is 1.15 bits per heavy atom. The van der Waals surface area contributed by atoms with E-state index in [0.717, 1.165) is 10.6 Å². The Labute approximate surface area is 199 Å². The maximum absolute atomic E-state index is 13.2. The number of hydrogen-bond donors (Lipinski definition) is 1. The Hall–Kier alpha value is -4.05. The molecule has 1 amide bonds. The van der Waals surface area contributed by atoms with Gasteiger partial charge in [0.1, 0.15) is 11.5 Å². The van der Waals surface area contributed by atoms with Crippen LogP contribution in [0.5, 0.6) is 5.75 Å². The zero-order chi connectivity index (χ0) is 24.6. The number of nitro groups is 1. The quantitative estimate of drug-likeness (QED) is 0.179. The van der Waals surface area contributed by atoms with Crippen LogP contribution in [0.3, 0.4) is 0 Å². The molecule has 9 nitrogen and oxygen atoms in total. The van der Waals surface area contributed by atoms with Crippen molar-refractivity contribution < 1.29 is 24.4 Å². The minimum absolute atomic E-state index is 0.117. The molecular formula is C24H21N3O6S. The van der Waals surface area contributed by atoms with E-state index in [-0.39, 0.29) is 17.0 Å². The van der Waals surface area contributed by atoms with Crippen molar-refractivity contribution in [3.05, 3.63) is 85.9 Å². The number of anilines is 1. The molecule has 0 spiro atoms. The third-order valence-electron chi connectivity index (χ3n) is 5.53. The molecule has 34 heavy (non-hydrogen) atoms. The molecule has 0 aliphatic carbocycles. The van der Waals surface area contributed by atoms with Crippen molar-refractivity contribution in [1.82, 2.24) is 4.98 Å². The second-order valence-corrected chi connectivity index (χ2v) is 8.79. The molecule has 1 N–H and O–H groups in total. The van der Waals surface area contributed by atoms with Crippen molar-refractivity contribution in [1.29, 1.82) is 0 Å². The molecule has 0 radical (unpaired) electrons. The van der Waals surface area contributed by atoms with Gasteiger partial charge in [-0.3, -0.25) is 24.6 Å². The number of aliphatic hydroxyl groups is 1. The number of thiazole rings is 1. The van der Waals surface area contributed by atoms with E-state index in [9.17, 15) is 24.8 Å². The number of aryl methyl sites for hydroxylation is 2. The molecule has 0 saturated carbocycles. The van der Waals surface area contributed by atoms with Gasteiger partial charge < -0.3 is 9.84 Å². The number of hydrogen-bond acceptors (Lipinski definition) is 8. The number of carbonyl (C=O) groups excluding carboxylic acids is 2. The normalized spacial score (nSPS) is 17.3. The average molecular weight is 480 g/mol. The first-order valence-corrected chi connectivity index (χ1v) is 11.3. The molecule has 1 aromatic heterocycles. The number of aromatic nitrogens is 1. The molecule has 2 heterocycles. The lowest BCUT2D eigenvalue weighted by Crippen LogP contribution is -2.29. The minimum atomic E-state index is -1.00. The lowest BCUT2D eigenvalue weighted by molar-refractivity contribution is -0.384. The van der Waals surface area contributed by atoms with Crippen LogP contribution in [0, 0.1) is 24.0 Å². The van der Waals surface area contributed by atoms with E-state index in [1.807, 2.05) is 13.8 Å². The molecule has 1 saturated heterocycles. The minimum Gasteiger partial charge on any atom is -0.507 e.